The number of aromatic nitrogens is 1. The van der Waals surface area contributed by atoms with Crippen molar-refractivity contribution in [3.8, 4) is 11.3 Å². The van der Waals surface area contributed by atoms with Crippen molar-refractivity contribution < 1.29 is 4.52 Å². The molecule has 4 heteroatoms. The Kier molecular flexibility index (Phi) is 2.27. The molecule has 0 spiro atoms. The monoisotopic (exact) mass is 244 g/mol. The summed E-state index contributed by atoms with van der Waals surface area (Å²) in [7, 11) is 0. The highest BCUT2D eigenvalue weighted by Crippen LogP contribution is 2.34. The number of halogens is 1. The van der Waals surface area contributed by atoms with Gasteiger partial charge >= 0.3 is 0 Å². The molecule has 0 aliphatic heterocycles. The molecule has 3 nitrogen and oxygen atoms in total. The Morgan fingerprint density at radius 2 is 1.88 bits per heavy atom. The van der Waals surface area contributed by atoms with Crippen LogP contribution < -0.4 is 5.73 Å². The van der Waals surface area contributed by atoms with Crippen molar-refractivity contribution in [3.63, 3.8) is 0 Å². The lowest BCUT2D eigenvalue weighted by molar-refractivity contribution is 0.441. The number of hydrogen-bond donors (Lipinski definition) is 1. The summed E-state index contributed by atoms with van der Waals surface area (Å²) >= 11 is 6.04. The first-order chi connectivity index (χ1) is 8.27. The minimum Gasteiger partial charge on any atom is -0.398 e. The van der Waals surface area contributed by atoms with Crippen molar-refractivity contribution in [2.24, 2.45) is 0 Å². The number of nitrogen functional groups attached to an aromatic ring is 1. The molecule has 0 aliphatic rings. The van der Waals surface area contributed by atoms with E-state index in [9.17, 15) is 0 Å². The van der Waals surface area contributed by atoms with E-state index in [0.29, 0.717) is 22.0 Å². The maximum Gasteiger partial charge on any atom is 0.176 e. The van der Waals surface area contributed by atoms with E-state index in [1.54, 1.807) is 6.07 Å². The molecule has 0 aliphatic carbocycles. The van der Waals surface area contributed by atoms with Crippen LogP contribution in [0.1, 0.15) is 0 Å². The lowest BCUT2D eigenvalue weighted by Crippen LogP contribution is -1.88. The van der Waals surface area contributed by atoms with Crippen LogP contribution in [0, 0.1) is 0 Å². The molecule has 0 amide bonds. The van der Waals surface area contributed by atoms with Crippen LogP contribution in [-0.2, 0) is 0 Å². The quantitative estimate of drug-likeness (QED) is 0.664. The van der Waals surface area contributed by atoms with Gasteiger partial charge in [-0.25, -0.2) is 0 Å². The van der Waals surface area contributed by atoms with Gasteiger partial charge < -0.3 is 10.3 Å². The van der Waals surface area contributed by atoms with Crippen molar-refractivity contribution in [3.05, 3.63) is 47.5 Å². The summed E-state index contributed by atoms with van der Waals surface area (Å²) in [6, 6.07) is 13.1. The smallest absolute Gasteiger partial charge is 0.176 e. The third kappa shape index (κ3) is 1.56. The highest BCUT2D eigenvalue weighted by molar-refractivity contribution is 6.35. The Morgan fingerprint density at radius 1 is 1.06 bits per heavy atom. The lowest BCUT2D eigenvalue weighted by Gasteiger charge is -2.00. The number of fused-ring (bicyclic) bond motifs is 1. The van der Waals surface area contributed by atoms with Gasteiger partial charge in [-0.1, -0.05) is 35.0 Å². The van der Waals surface area contributed by atoms with Gasteiger partial charge in [0.1, 0.15) is 5.52 Å². The molecule has 1 aromatic heterocycles. The van der Waals surface area contributed by atoms with Crippen molar-refractivity contribution in [2.75, 3.05) is 5.73 Å². The maximum atomic E-state index is 6.04. The average Bonchev–Trinajstić information content (AvgIpc) is 2.75. The van der Waals surface area contributed by atoms with Crippen LogP contribution in [0.5, 0.6) is 0 Å². The van der Waals surface area contributed by atoms with E-state index < -0.39 is 0 Å². The molecule has 17 heavy (non-hydrogen) atoms. The van der Waals surface area contributed by atoms with E-state index in [0.717, 1.165) is 10.9 Å². The summed E-state index contributed by atoms with van der Waals surface area (Å²) in [5, 5.41) is 5.42. The summed E-state index contributed by atoms with van der Waals surface area (Å²) < 4.78 is 5.35. The molecular formula is C13H9ClN2O. The van der Waals surface area contributed by atoms with Gasteiger partial charge in [0, 0.05) is 11.3 Å². The first-order valence-electron chi connectivity index (χ1n) is 5.16. The number of rotatable bonds is 1. The fraction of sp³-hybridized carbons (Fsp3) is 0. The molecule has 0 fully saturated rings. The van der Waals surface area contributed by atoms with Crippen molar-refractivity contribution in [2.45, 2.75) is 0 Å². The molecule has 0 saturated carbocycles. The summed E-state index contributed by atoms with van der Waals surface area (Å²) in [6.07, 6.45) is 0. The van der Waals surface area contributed by atoms with Crippen molar-refractivity contribution in [1.82, 2.24) is 5.16 Å². The number of nitrogens with zero attached hydrogens (tertiary/aromatic N) is 1. The Labute approximate surface area is 103 Å². The zero-order chi connectivity index (χ0) is 11.8. The van der Waals surface area contributed by atoms with E-state index in [2.05, 4.69) is 5.16 Å². The second kappa shape index (κ2) is 3.79. The molecule has 84 valence electrons. The molecule has 0 atom stereocenters. The Balaban J connectivity index is 2.33. The predicted octanol–water partition coefficient (Wildman–Crippen LogP) is 3.73. The van der Waals surface area contributed by atoms with Gasteiger partial charge in [0.2, 0.25) is 0 Å². The molecule has 2 N–H and O–H groups in total. The first-order valence-corrected chi connectivity index (χ1v) is 5.54. The van der Waals surface area contributed by atoms with Crippen LogP contribution in [0.4, 0.5) is 5.69 Å². The number of para-hydroxylation sites is 1. The summed E-state index contributed by atoms with van der Waals surface area (Å²) in [5.74, 6) is 0.653. The van der Waals surface area contributed by atoms with Crippen LogP contribution in [0.15, 0.2) is 47.0 Å². The summed E-state index contributed by atoms with van der Waals surface area (Å²) in [5.41, 5.74) is 8.07. The van der Waals surface area contributed by atoms with E-state index in [-0.39, 0.29) is 0 Å². The standard InChI is InChI=1S/C13H9ClN2O/c14-10-6-3-5-9-12(10)16-17-13(9)8-4-1-2-7-11(8)15/h1-7H,15H2. The summed E-state index contributed by atoms with van der Waals surface area (Å²) in [6.45, 7) is 0. The lowest BCUT2D eigenvalue weighted by atomic mass is 10.1. The predicted molar refractivity (Wildman–Crippen MR) is 68.9 cm³/mol. The fourth-order valence-corrected chi connectivity index (χ4v) is 2.04. The molecule has 3 rings (SSSR count). The topological polar surface area (TPSA) is 52.0 Å². The molecule has 1 heterocycles. The number of nitrogens with two attached hydrogens (primary N) is 1. The highest BCUT2D eigenvalue weighted by Gasteiger charge is 2.14. The van der Waals surface area contributed by atoms with Gasteiger partial charge in [0.15, 0.2) is 5.76 Å². The zero-order valence-corrected chi connectivity index (χ0v) is 9.61. The normalized spacial score (nSPS) is 10.9. The molecule has 0 saturated heterocycles. The number of anilines is 1. The Morgan fingerprint density at radius 3 is 2.71 bits per heavy atom. The van der Waals surface area contributed by atoms with Gasteiger partial charge in [0.05, 0.1) is 10.4 Å². The second-order valence-corrected chi connectivity index (χ2v) is 4.14. The molecule has 3 aromatic rings. The van der Waals surface area contributed by atoms with Crippen LogP contribution in [0.25, 0.3) is 22.2 Å². The van der Waals surface area contributed by atoms with Crippen LogP contribution in [-0.4, -0.2) is 5.16 Å². The first kappa shape index (κ1) is 10.2. The van der Waals surface area contributed by atoms with Crippen LogP contribution in [0.2, 0.25) is 5.02 Å². The minimum absolute atomic E-state index is 0.576. The maximum absolute atomic E-state index is 6.04. The van der Waals surface area contributed by atoms with Gasteiger partial charge in [-0.05, 0) is 24.3 Å². The van der Waals surface area contributed by atoms with Crippen LogP contribution >= 0.6 is 11.6 Å². The fourth-order valence-electron chi connectivity index (χ4n) is 1.83. The molecule has 2 aromatic carbocycles. The Hall–Kier alpha value is -2.00. The Bertz CT molecular complexity index is 691. The van der Waals surface area contributed by atoms with E-state index in [1.807, 2.05) is 36.4 Å². The van der Waals surface area contributed by atoms with Gasteiger partial charge in [-0.15, -0.1) is 0 Å². The summed E-state index contributed by atoms with van der Waals surface area (Å²) in [4.78, 5) is 0. The van der Waals surface area contributed by atoms with Gasteiger partial charge in [0.25, 0.3) is 0 Å². The minimum atomic E-state index is 0.576. The van der Waals surface area contributed by atoms with Gasteiger partial charge in [-0.3, -0.25) is 0 Å². The van der Waals surface area contributed by atoms with Crippen molar-refractivity contribution in [1.29, 1.82) is 0 Å². The molecule has 0 bridgehead atoms. The van der Waals surface area contributed by atoms with E-state index in [4.69, 9.17) is 21.9 Å². The van der Waals surface area contributed by atoms with Crippen molar-refractivity contribution >= 4 is 28.2 Å². The number of benzene rings is 2. The van der Waals surface area contributed by atoms with E-state index >= 15 is 0 Å². The van der Waals surface area contributed by atoms with Crippen LogP contribution in [0.3, 0.4) is 0 Å². The third-order valence-corrected chi connectivity index (χ3v) is 2.97. The molecule has 0 unspecified atom stereocenters. The van der Waals surface area contributed by atoms with Gasteiger partial charge in [-0.2, -0.15) is 0 Å². The highest BCUT2D eigenvalue weighted by atomic mass is 35.5. The van der Waals surface area contributed by atoms with E-state index in [1.165, 1.54) is 0 Å². The largest absolute Gasteiger partial charge is 0.398 e. The third-order valence-electron chi connectivity index (χ3n) is 2.67. The SMILES string of the molecule is Nc1ccccc1-c1onc2c(Cl)cccc12. The molecular weight excluding hydrogens is 236 g/mol. The zero-order valence-electron chi connectivity index (χ0n) is 8.85. The number of hydrogen-bond acceptors (Lipinski definition) is 3. The molecule has 0 radical (unpaired) electrons. The average molecular weight is 245 g/mol. The second-order valence-electron chi connectivity index (χ2n) is 3.73.